The Bertz CT molecular complexity index is 1110. The molecule has 1 aromatic rings. The van der Waals surface area contributed by atoms with Gasteiger partial charge in [-0.3, -0.25) is 4.79 Å². The van der Waals surface area contributed by atoms with Crippen LogP contribution in [0.5, 0.6) is 0 Å². The summed E-state index contributed by atoms with van der Waals surface area (Å²) in [5.41, 5.74) is 0.331. The maximum atomic E-state index is 12.6. The normalized spacial score (nSPS) is 43.5. The van der Waals surface area contributed by atoms with Crippen molar-refractivity contribution in [2.24, 2.45) is 52.3 Å². The summed E-state index contributed by atoms with van der Waals surface area (Å²) in [4.78, 5) is 12.6. The molecule has 214 valence electrons. The van der Waals surface area contributed by atoms with Crippen LogP contribution in [0.4, 0.5) is 0 Å². The summed E-state index contributed by atoms with van der Waals surface area (Å²) in [6.45, 7) is 9.35. The zero-order chi connectivity index (χ0) is 27.5. The first kappa shape index (κ1) is 28.6. The molecule has 38 heavy (non-hydrogen) atoms. The molecule has 0 aromatic carbocycles. The first-order valence-electron chi connectivity index (χ1n) is 14.9. The average Bonchev–Trinajstić information content (AvgIpc) is 3.52. The highest BCUT2D eigenvalue weighted by Gasteiger charge is 2.64. The lowest BCUT2D eigenvalue weighted by molar-refractivity contribution is -0.203. The molecule has 4 saturated carbocycles. The molecule has 1 heterocycles. The Balaban J connectivity index is 1.28. The van der Waals surface area contributed by atoms with Gasteiger partial charge in [-0.15, -0.1) is 11.3 Å². The molecule has 0 saturated heterocycles. The number of nitrogens with one attached hydrogen (secondary N) is 1. The summed E-state index contributed by atoms with van der Waals surface area (Å²) in [5, 5.41) is 24.1. The average molecular weight is 566 g/mol. The van der Waals surface area contributed by atoms with Gasteiger partial charge in [0.1, 0.15) is 4.21 Å². The predicted molar refractivity (Wildman–Crippen MR) is 150 cm³/mol. The van der Waals surface area contributed by atoms with E-state index in [0.29, 0.717) is 41.9 Å². The van der Waals surface area contributed by atoms with E-state index in [4.69, 9.17) is 0 Å². The maximum absolute atomic E-state index is 12.6. The highest BCUT2D eigenvalue weighted by molar-refractivity contribution is 7.92. The van der Waals surface area contributed by atoms with Crippen LogP contribution in [0.2, 0.25) is 0 Å². The van der Waals surface area contributed by atoms with Gasteiger partial charge in [0, 0.05) is 6.42 Å². The Morgan fingerprint density at radius 1 is 1.11 bits per heavy atom. The van der Waals surface area contributed by atoms with E-state index in [1.807, 2.05) is 0 Å². The zero-order valence-corrected chi connectivity index (χ0v) is 25.1. The van der Waals surface area contributed by atoms with E-state index in [1.165, 1.54) is 6.07 Å². The lowest BCUT2D eigenvalue weighted by atomic mass is 9.41. The SMILES string of the molecule is CC[C@@H]1C2C[C@H](O)CCC2(C)[C@H]2CCC3(C)C([C@H](C)CCC(=O)NS(=O)(=O)c4cccs4)CC[C@H]3[C@@H]2[C@@H]1O. The van der Waals surface area contributed by atoms with Crippen LogP contribution in [0, 0.1) is 52.3 Å². The highest BCUT2D eigenvalue weighted by Crippen LogP contribution is 2.69. The van der Waals surface area contributed by atoms with E-state index in [1.54, 1.807) is 11.4 Å². The van der Waals surface area contributed by atoms with E-state index in [0.717, 1.165) is 62.7 Å². The second kappa shape index (κ2) is 10.5. The minimum atomic E-state index is -3.79. The maximum Gasteiger partial charge on any atom is 0.273 e. The number of amides is 1. The minimum Gasteiger partial charge on any atom is -0.393 e. The van der Waals surface area contributed by atoms with Crippen LogP contribution in [0.3, 0.4) is 0 Å². The molecule has 4 unspecified atom stereocenters. The molecule has 8 heteroatoms. The third kappa shape index (κ3) is 4.69. The molecular weight excluding hydrogens is 518 g/mol. The van der Waals surface area contributed by atoms with Crippen molar-refractivity contribution in [2.45, 2.75) is 108 Å². The first-order chi connectivity index (χ1) is 17.9. The van der Waals surface area contributed by atoms with Crippen LogP contribution < -0.4 is 4.72 Å². The van der Waals surface area contributed by atoms with Crippen molar-refractivity contribution in [1.82, 2.24) is 4.72 Å². The Morgan fingerprint density at radius 2 is 1.82 bits per heavy atom. The third-order valence-corrected chi connectivity index (χ3v) is 14.8. The molecule has 4 fully saturated rings. The summed E-state index contributed by atoms with van der Waals surface area (Å²) in [6, 6.07) is 3.18. The van der Waals surface area contributed by atoms with Crippen LogP contribution in [0.15, 0.2) is 21.7 Å². The van der Waals surface area contributed by atoms with Crippen molar-refractivity contribution in [3.63, 3.8) is 0 Å². The molecule has 11 atom stereocenters. The number of hydrogen-bond acceptors (Lipinski definition) is 6. The van der Waals surface area contributed by atoms with Gasteiger partial charge in [0.25, 0.3) is 10.0 Å². The van der Waals surface area contributed by atoms with Gasteiger partial charge < -0.3 is 10.2 Å². The van der Waals surface area contributed by atoms with Gasteiger partial charge in [0.05, 0.1) is 12.2 Å². The van der Waals surface area contributed by atoms with Crippen LogP contribution in [0.1, 0.15) is 91.9 Å². The van der Waals surface area contributed by atoms with Gasteiger partial charge in [0.15, 0.2) is 0 Å². The zero-order valence-electron chi connectivity index (χ0n) is 23.4. The number of carbonyl (C=O) groups excluding carboxylic acids is 1. The molecule has 4 aliphatic rings. The second-order valence-corrected chi connectivity index (χ2v) is 16.5. The van der Waals surface area contributed by atoms with Gasteiger partial charge in [-0.25, -0.2) is 13.1 Å². The summed E-state index contributed by atoms with van der Waals surface area (Å²) >= 11 is 1.11. The summed E-state index contributed by atoms with van der Waals surface area (Å²) in [5.74, 6) is 2.32. The molecular formula is C30H47NO5S2. The van der Waals surface area contributed by atoms with E-state index < -0.39 is 15.9 Å². The summed E-state index contributed by atoms with van der Waals surface area (Å²) < 4.78 is 27.3. The van der Waals surface area contributed by atoms with Crippen LogP contribution in [-0.4, -0.2) is 36.7 Å². The number of fused-ring (bicyclic) bond motifs is 5. The van der Waals surface area contributed by atoms with E-state index >= 15 is 0 Å². The molecule has 4 aliphatic carbocycles. The molecule has 0 radical (unpaired) electrons. The topological polar surface area (TPSA) is 104 Å². The van der Waals surface area contributed by atoms with E-state index in [-0.39, 0.29) is 39.6 Å². The van der Waals surface area contributed by atoms with Crippen LogP contribution in [-0.2, 0) is 14.8 Å². The smallest absolute Gasteiger partial charge is 0.273 e. The molecule has 0 spiro atoms. The third-order valence-electron chi connectivity index (χ3n) is 12.0. The number of hydrogen-bond donors (Lipinski definition) is 3. The molecule has 0 bridgehead atoms. The number of rotatable bonds is 7. The largest absolute Gasteiger partial charge is 0.393 e. The molecule has 1 amide bonds. The Morgan fingerprint density at radius 3 is 2.50 bits per heavy atom. The van der Waals surface area contributed by atoms with Crippen molar-refractivity contribution in [3.8, 4) is 0 Å². The van der Waals surface area contributed by atoms with E-state index in [2.05, 4.69) is 32.4 Å². The number of aliphatic hydroxyl groups is 2. The molecule has 1 aromatic heterocycles. The number of sulfonamides is 1. The van der Waals surface area contributed by atoms with E-state index in [9.17, 15) is 23.4 Å². The van der Waals surface area contributed by atoms with Crippen LogP contribution in [0.25, 0.3) is 0 Å². The van der Waals surface area contributed by atoms with Crippen molar-refractivity contribution in [3.05, 3.63) is 17.5 Å². The summed E-state index contributed by atoms with van der Waals surface area (Å²) in [6.07, 6.45) is 8.62. The number of carbonyl (C=O) groups is 1. The highest BCUT2D eigenvalue weighted by atomic mass is 32.2. The van der Waals surface area contributed by atoms with Gasteiger partial charge in [-0.1, -0.05) is 40.2 Å². The molecule has 5 rings (SSSR count). The van der Waals surface area contributed by atoms with Gasteiger partial charge in [-0.2, -0.15) is 0 Å². The Kier molecular flexibility index (Phi) is 7.86. The number of thiophene rings is 1. The molecule has 0 aliphatic heterocycles. The molecule has 6 nitrogen and oxygen atoms in total. The first-order valence-corrected chi connectivity index (χ1v) is 17.2. The lowest BCUT2D eigenvalue weighted by Crippen LogP contribution is -2.62. The monoisotopic (exact) mass is 565 g/mol. The second-order valence-electron chi connectivity index (χ2n) is 13.6. The molecule has 3 N–H and O–H groups in total. The lowest BCUT2D eigenvalue weighted by Gasteiger charge is -2.64. The fourth-order valence-electron chi connectivity index (χ4n) is 10.2. The fourth-order valence-corrected chi connectivity index (χ4v) is 12.2. The van der Waals surface area contributed by atoms with Gasteiger partial charge in [0.2, 0.25) is 5.91 Å². The summed E-state index contributed by atoms with van der Waals surface area (Å²) in [7, 11) is -3.79. The van der Waals surface area contributed by atoms with Crippen LogP contribution >= 0.6 is 11.3 Å². The minimum absolute atomic E-state index is 0.136. The van der Waals surface area contributed by atoms with Crippen molar-refractivity contribution >= 4 is 27.3 Å². The standard InChI is InChI=1S/C30H47NO5S2/c1-5-20-24-17-19(32)12-14-30(24,4)23-13-15-29(3)21(9-10-22(29)27(23)28(20)34)18(2)8-11-25(33)31-38(35,36)26-7-6-16-37-26/h6-7,16,18-24,27-28,32,34H,5,8-15,17H2,1-4H3,(H,31,33)/t18-,19-,20-,21?,22+,23+,24?,27+,28-,29?,30?/m1/s1. The quantitative estimate of drug-likeness (QED) is 0.400. The number of aliphatic hydroxyl groups excluding tert-OH is 2. The van der Waals surface area contributed by atoms with Crippen molar-refractivity contribution in [1.29, 1.82) is 0 Å². The van der Waals surface area contributed by atoms with Crippen molar-refractivity contribution in [2.75, 3.05) is 0 Å². The Hall–Kier alpha value is -0.960. The Labute approximate surface area is 233 Å². The van der Waals surface area contributed by atoms with Gasteiger partial charge >= 0.3 is 0 Å². The predicted octanol–water partition coefficient (Wildman–Crippen LogP) is 5.60. The van der Waals surface area contributed by atoms with Gasteiger partial charge in [-0.05, 0) is 115 Å². The van der Waals surface area contributed by atoms with Crippen molar-refractivity contribution < 1.29 is 23.4 Å². The fraction of sp³-hybridized carbons (Fsp3) is 0.833.